The minimum atomic E-state index is -0.589. The second-order valence-corrected chi connectivity index (χ2v) is 9.43. The minimum absolute atomic E-state index is 0.0539. The number of cyclic esters (lactones) is 1. The number of carbonyl (C=O) groups is 2. The Hall–Kier alpha value is -3.35. The lowest BCUT2D eigenvalue weighted by Gasteiger charge is -2.22. The number of rotatable bonds is 5. The largest absolute Gasteiger partial charge is 0.447 e. The molecule has 2 amide bonds. The van der Waals surface area contributed by atoms with Gasteiger partial charge in [-0.3, -0.25) is 14.6 Å². The zero-order valence-corrected chi connectivity index (χ0v) is 19.4. The fourth-order valence-corrected chi connectivity index (χ4v) is 5.57. The van der Waals surface area contributed by atoms with Gasteiger partial charge in [-0.1, -0.05) is 41.9 Å². The Morgan fingerprint density at radius 3 is 2.56 bits per heavy atom. The number of hydrogen-bond donors (Lipinski definition) is 0. The maximum absolute atomic E-state index is 14.1. The molecule has 6 rings (SSSR count). The van der Waals surface area contributed by atoms with E-state index < -0.39 is 5.41 Å². The number of fused-ring (bicyclic) bond motifs is 2. The second-order valence-electron chi connectivity index (χ2n) is 8.99. The van der Waals surface area contributed by atoms with Gasteiger partial charge in [0.25, 0.3) is 0 Å². The number of nitrogens with zero attached hydrogens (tertiary/aromatic N) is 2. The summed E-state index contributed by atoms with van der Waals surface area (Å²) in [5, 5.41) is 0.682. The summed E-state index contributed by atoms with van der Waals surface area (Å²) in [7, 11) is 1.63. The summed E-state index contributed by atoms with van der Waals surface area (Å²) in [5.41, 5.74) is 4.75. The van der Waals surface area contributed by atoms with Crippen LogP contribution in [-0.4, -0.2) is 32.3 Å². The third-order valence-corrected chi connectivity index (χ3v) is 7.30. The van der Waals surface area contributed by atoms with E-state index in [4.69, 9.17) is 21.1 Å². The molecule has 0 radical (unpaired) electrons. The number of amides is 2. The van der Waals surface area contributed by atoms with Crippen molar-refractivity contribution in [3.05, 3.63) is 88.4 Å². The van der Waals surface area contributed by atoms with Gasteiger partial charge in [0.15, 0.2) is 0 Å². The Balaban J connectivity index is 1.45. The molecule has 3 aliphatic rings. The molecule has 3 aromatic rings. The van der Waals surface area contributed by atoms with Crippen molar-refractivity contribution in [3.63, 3.8) is 0 Å². The lowest BCUT2D eigenvalue weighted by atomic mass is 9.92. The highest BCUT2D eigenvalue weighted by atomic mass is 35.5. The van der Waals surface area contributed by atoms with Crippen LogP contribution in [-0.2, 0) is 26.3 Å². The third-order valence-electron chi connectivity index (χ3n) is 7.05. The molecule has 6 nitrogen and oxygen atoms in total. The summed E-state index contributed by atoms with van der Waals surface area (Å²) in [6.07, 6.45) is 0.375. The molecule has 1 aliphatic carbocycles. The zero-order valence-electron chi connectivity index (χ0n) is 18.7. The first kappa shape index (κ1) is 21.2. The molecule has 7 heteroatoms. The number of hydrogen-bond acceptors (Lipinski definition) is 4. The van der Waals surface area contributed by atoms with Crippen molar-refractivity contribution in [1.29, 1.82) is 0 Å². The first-order valence-corrected chi connectivity index (χ1v) is 11.7. The topological polar surface area (TPSA) is 59.1 Å². The molecular formula is C27H23ClN2O4. The summed E-state index contributed by atoms with van der Waals surface area (Å²) in [4.78, 5) is 29.8. The summed E-state index contributed by atoms with van der Waals surface area (Å²) >= 11 is 6.10. The van der Waals surface area contributed by atoms with Gasteiger partial charge in [-0.15, -0.1) is 0 Å². The second kappa shape index (κ2) is 7.86. The Morgan fingerprint density at radius 1 is 1.06 bits per heavy atom. The van der Waals surface area contributed by atoms with E-state index in [1.807, 2.05) is 60.7 Å². The predicted octanol–water partition coefficient (Wildman–Crippen LogP) is 5.55. The molecule has 34 heavy (non-hydrogen) atoms. The maximum Gasteiger partial charge on any atom is 0.414 e. The van der Waals surface area contributed by atoms with Crippen LogP contribution in [0.2, 0.25) is 5.02 Å². The highest BCUT2D eigenvalue weighted by Crippen LogP contribution is 2.67. The molecule has 0 aromatic heterocycles. The van der Waals surface area contributed by atoms with E-state index in [-0.39, 0.29) is 17.9 Å². The van der Waals surface area contributed by atoms with Crippen molar-refractivity contribution in [2.45, 2.75) is 24.4 Å². The van der Waals surface area contributed by atoms with Crippen LogP contribution >= 0.6 is 11.6 Å². The van der Waals surface area contributed by atoms with Crippen molar-refractivity contribution in [3.8, 4) is 0 Å². The van der Waals surface area contributed by atoms with E-state index in [1.165, 1.54) is 0 Å². The molecule has 2 atom stereocenters. The average molecular weight is 475 g/mol. The van der Waals surface area contributed by atoms with Gasteiger partial charge < -0.3 is 9.47 Å². The molecule has 0 N–H and O–H groups in total. The molecule has 0 unspecified atom stereocenters. The molecular weight excluding hydrogens is 452 g/mol. The third kappa shape index (κ3) is 3.13. The Bertz CT molecular complexity index is 1310. The van der Waals surface area contributed by atoms with Gasteiger partial charge in [0.1, 0.15) is 6.61 Å². The van der Waals surface area contributed by atoms with Gasteiger partial charge in [-0.25, -0.2) is 4.79 Å². The standard InChI is InChI=1S/C27H23ClN2O4/c1-33-16-17-12-20(29-10-11-34-26(29)32)14-21(13-17)30-24-5-3-2-4-22(24)27(25(30)31)15-23(27)18-6-8-19(28)9-7-18/h2-9,12-14,23H,10-11,15-16H2,1H3/t23-,27+/m1/s1. The van der Waals surface area contributed by atoms with Crippen LogP contribution in [0.4, 0.5) is 21.9 Å². The fourth-order valence-electron chi connectivity index (χ4n) is 5.44. The van der Waals surface area contributed by atoms with Gasteiger partial charge in [0, 0.05) is 23.7 Å². The lowest BCUT2D eigenvalue weighted by Crippen LogP contribution is -2.30. The number of anilines is 3. The van der Waals surface area contributed by atoms with Gasteiger partial charge in [0.2, 0.25) is 5.91 Å². The molecule has 3 aromatic carbocycles. The first-order chi connectivity index (χ1) is 16.5. The highest BCUT2D eigenvalue weighted by molar-refractivity contribution is 6.30. The van der Waals surface area contributed by atoms with Crippen LogP contribution < -0.4 is 9.80 Å². The van der Waals surface area contributed by atoms with Crippen molar-refractivity contribution < 1.29 is 19.1 Å². The predicted molar refractivity (Wildman–Crippen MR) is 130 cm³/mol. The van der Waals surface area contributed by atoms with E-state index in [1.54, 1.807) is 16.9 Å². The number of halogens is 1. The lowest BCUT2D eigenvalue weighted by molar-refractivity contribution is -0.119. The van der Waals surface area contributed by atoms with Crippen LogP contribution in [0.3, 0.4) is 0 Å². The number of para-hydroxylation sites is 1. The number of benzene rings is 3. The maximum atomic E-state index is 14.1. The van der Waals surface area contributed by atoms with Crippen LogP contribution in [0.5, 0.6) is 0 Å². The molecule has 172 valence electrons. The van der Waals surface area contributed by atoms with Crippen molar-refractivity contribution >= 4 is 40.7 Å². The highest BCUT2D eigenvalue weighted by Gasteiger charge is 2.67. The van der Waals surface area contributed by atoms with Crippen LogP contribution in [0.1, 0.15) is 29.0 Å². The van der Waals surface area contributed by atoms with Gasteiger partial charge >= 0.3 is 6.09 Å². The van der Waals surface area contributed by atoms with Gasteiger partial charge in [-0.2, -0.15) is 0 Å². The Labute approximate surface area is 202 Å². The van der Waals surface area contributed by atoms with Gasteiger partial charge in [-0.05, 0) is 59.5 Å². The fraction of sp³-hybridized carbons (Fsp3) is 0.259. The van der Waals surface area contributed by atoms with E-state index >= 15 is 0 Å². The number of ether oxygens (including phenoxy) is 2. The van der Waals surface area contributed by atoms with E-state index in [9.17, 15) is 9.59 Å². The molecule has 1 spiro atoms. The number of carbonyl (C=O) groups excluding carboxylic acids is 2. The first-order valence-electron chi connectivity index (χ1n) is 11.3. The minimum Gasteiger partial charge on any atom is -0.447 e. The molecule has 1 saturated carbocycles. The summed E-state index contributed by atoms with van der Waals surface area (Å²) in [6, 6.07) is 21.5. The monoisotopic (exact) mass is 474 g/mol. The van der Waals surface area contributed by atoms with Gasteiger partial charge in [0.05, 0.1) is 29.9 Å². The molecule has 2 heterocycles. The molecule has 1 saturated heterocycles. The average Bonchev–Trinajstić information content (AvgIpc) is 3.36. The summed E-state index contributed by atoms with van der Waals surface area (Å²) in [6.45, 7) is 1.19. The normalized spacial score (nSPS) is 22.9. The molecule has 0 bridgehead atoms. The van der Waals surface area contributed by atoms with Crippen LogP contribution in [0, 0.1) is 0 Å². The van der Waals surface area contributed by atoms with Crippen LogP contribution in [0.25, 0.3) is 0 Å². The quantitative estimate of drug-likeness (QED) is 0.486. The Kier molecular flexibility index (Phi) is 4.90. The van der Waals surface area contributed by atoms with Crippen LogP contribution in [0.15, 0.2) is 66.7 Å². The smallest absolute Gasteiger partial charge is 0.414 e. The Morgan fingerprint density at radius 2 is 1.82 bits per heavy atom. The summed E-state index contributed by atoms with van der Waals surface area (Å²) in [5.74, 6) is 0.150. The SMILES string of the molecule is COCc1cc(N2CCOC2=O)cc(N2C(=O)[C@@]3(C[C@@H]3c3ccc(Cl)cc3)c3ccccc32)c1. The van der Waals surface area contributed by atoms with E-state index in [0.29, 0.717) is 30.5 Å². The zero-order chi connectivity index (χ0) is 23.4. The van der Waals surface area contributed by atoms with Crippen molar-refractivity contribution in [2.75, 3.05) is 30.1 Å². The van der Waals surface area contributed by atoms with E-state index in [2.05, 4.69) is 6.07 Å². The summed E-state index contributed by atoms with van der Waals surface area (Å²) < 4.78 is 10.5. The van der Waals surface area contributed by atoms with Crippen molar-refractivity contribution in [2.24, 2.45) is 0 Å². The van der Waals surface area contributed by atoms with E-state index in [0.717, 1.165) is 34.5 Å². The van der Waals surface area contributed by atoms with Crippen molar-refractivity contribution in [1.82, 2.24) is 0 Å². The molecule has 2 aliphatic heterocycles. The number of methoxy groups -OCH3 is 1. The molecule has 2 fully saturated rings.